The van der Waals surface area contributed by atoms with Crippen molar-refractivity contribution in [3.05, 3.63) is 17.8 Å². The summed E-state index contributed by atoms with van der Waals surface area (Å²) in [4.78, 5) is 12.0. The van der Waals surface area contributed by atoms with Crippen molar-refractivity contribution in [3.8, 4) is 0 Å². The van der Waals surface area contributed by atoms with Gasteiger partial charge in [-0.3, -0.25) is 4.79 Å². The van der Waals surface area contributed by atoms with Crippen LogP contribution in [0.1, 0.15) is 50.0 Å². The highest BCUT2D eigenvalue weighted by molar-refractivity contribution is 5.92. The lowest BCUT2D eigenvalue weighted by Gasteiger charge is -2.41. The van der Waals surface area contributed by atoms with Crippen LogP contribution in [0.2, 0.25) is 0 Å². The first-order valence-electron chi connectivity index (χ1n) is 7.05. The van der Waals surface area contributed by atoms with Crippen LogP contribution in [-0.4, -0.2) is 29.2 Å². The van der Waals surface area contributed by atoms with Gasteiger partial charge in [0.2, 0.25) is 0 Å². The predicted octanol–water partition coefficient (Wildman–Crippen LogP) is 2.22. The number of rotatable bonds is 6. The van der Waals surface area contributed by atoms with Crippen LogP contribution >= 0.6 is 0 Å². The Balaban J connectivity index is 1.89. The van der Waals surface area contributed by atoms with Crippen LogP contribution in [0.25, 0.3) is 0 Å². The highest BCUT2D eigenvalue weighted by atomic mass is 16.1. The van der Waals surface area contributed by atoms with Gasteiger partial charge in [-0.05, 0) is 43.7 Å². The maximum atomic E-state index is 12.0. The molecule has 0 aromatic carbocycles. The summed E-state index contributed by atoms with van der Waals surface area (Å²) in [5.41, 5.74) is 0.708. The zero-order valence-corrected chi connectivity index (χ0v) is 11.7. The molecule has 2 N–H and O–H groups in total. The Morgan fingerprint density at radius 1 is 1.32 bits per heavy atom. The van der Waals surface area contributed by atoms with Crippen molar-refractivity contribution < 1.29 is 4.79 Å². The quantitative estimate of drug-likeness (QED) is 0.825. The molecular formula is C14H22N4O. The molecule has 1 aliphatic carbocycles. The van der Waals surface area contributed by atoms with Gasteiger partial charge in [-0.25, -0.2) is 0 Å². The Bertz CT molecular complexity index is 420. The average Bonchev–Trinajstić information content (AvgIpc) is 2.39. The highest BCUT2D eigenvalue weighted by Gasteiger charge is 2.35. The summed E-state index contributed by atoms with van der Waals surface area (Å²) in [6, 6.07) is 3.49. The minimum Gasteiger partial charge on any atom is -0.369 e. The van der Waals surface area contributed by atoms with Gasteiger partial charge in [0.15, 0.2) is 5.69 Å². The number of aromatic nitrogens is 2. The second-order valence-corrected chi connectivity index (χ2v) is 5.22. The molecule has 0 atom stereocenters. The van der Waals surface area contributed by atoms with Crippen molar-refractivity contribution in [2.75, 3.05) is 18.4 Å². The normalized spacial score (nSPS) is 16.5. The van der Waals surface area contributed by atoms with Gasteiger partial charge in [-0.1, -0.05) is 13.3 Å². The highest BCUT2D eigenvalue weighted by Crippen LogP contribution is 2.43. The molecule has 0 radical (unpaired) electrons. The minimum absolute atomic E-state index is 0.129. The molecule has 19 heavy (non-hydrogen) atoms. The van der Waals surface area contributed by atoms with Crippen LogP contribution in [0.3, 0.4) is 0 Å². The van der Waals surface area contributed by atoms with Crippen LogP contribution < -0.4 is 10.6 Å². The molecule has 5 heteroatoms. The van der Waals surface area contributed by atoms with E-state index in [-0.39, 0.29) is 5.91 Å². The van der Waals surface area contributed by atoms with Crippen molar-refractivity contribution in [1.29, 1.82) is 0 Å². The summed E-state index contributed by atoms with van der Waals surface area (Å²) < 4.78 is 0. The molecule has 1 heterocycles. The molecule has 1 aromatic rings. The number of hydrogen-bond donors (Lipinski definition) is 2. The number of nitrogens with one attached hydrogen (secondary N) is 2. The van der Waals surface area contributed by atoms with Gasteiger partial charge in [-0.15, -0.1) is 10.2 Å². The van der Waals surface area contributed by atoms with E-state index in [2.05, 4.69) is 27.8 Å². The zero-order valence-electron chi connectivity index (χ0n) is 11.7. The van der Waals surface area contributed by atoms with Crippen LogP contribution in [0, 0.1) is 5.41 Å². The van der Waals surface area contributed by atoms with E-state index in [0.717, 1.165) is 19.5 Å². The van der Waals surface area contributed by atoms with Crippen LogP contribution in [-0.2, 0) is 0 Å². The molecular weight excluding hydrogens is 240 g/mol. The molecule has 0 aliphatic heterocycles. The molecule has 0 spiro atoms. The number of hydrogen-bond acceptors (Lipinski definition) is 4. The van der Waals surface area contributed by atoms with Crippen LogP contribution in [0.4, 0.5) is 5.82 Å². The fourth-order valence-corrected chi connectivity index (χ4v) is 2.42. The van der Waals surface area contributed by atoms with Gasteiger partial charge in [0.05, 0.1) is 0 Å². The number of nitrogens with zero attached hydrogens (tertiary/aromatic N) is 2. The lowest BCUT2D eigenvalue weighted by atomic mass is 9.67. The van der Waals surface area contributed by atoms with Gasteiger partial charge in [0, 0.05) is 13.1 Å². The van der Waals surface area contributed by atoms with Gasteiger partial charge < -0.3 is 10.6 Å². The summed E-state index contributed by atoms with van der Waals surface area (Å²) in [7, 11) is 0. The van der Waals surface area contributed by atoms with E-state index in [1.54, 1.807) is 12.1 Å². The smallest absolute Gasteiger partial charge is 0.271 e. The van der Waals surface area contributed by atoms with Gasteiger partial charge in [0.25, 0.3) is 5.91 Å². The average molecular weight is 262 g/mol. The molecule has 1 aromatic heterocycles. The third-order valence-electron chi connectivity index (χ3n) is 4.04. The van der Waals surface area contributed by atoms with Crippen LogP contribution in [0.15, 0.2) is 12.1 Å². The molecule has 1 amide bonds. The maximum Gasteiger partial charge on any atom is 0.271 e. The maximum absolute atomic E-state index is 12.0. The van der Waals surface area contributed by atoms with E-state index < -0.39 is 0 Å². The minimum atomic E-state index is -0.129. The third kappa shape index (κ3) is 3.22. The van der Waals surface area contributed by atoms with E-state index in [1.807, 2.05) is 6.92 Å². The first kappa shape index (κ1) is 13.8. The van der Waals surface area contributed by atoms with E-state index >= 15 is 0 Å². The molecule has 2 rings (SSSR count). The summed E-state index contributed by atoms with van der Waals surface area (Å²) in [6.45, 7) is 5.72. The molecule has 0 bridgehead atoms. The number of anilines is 1. The Morgan fingerprint density at radius 2 is 2.11 bits per heavy atom. The fourth-order valence-electron chi connectivity index (χ4n) is 2.42. The molecule has 1 fully saturated rings. The number of amides is 1. The standard InChI is InChI=1S/C14H22N4O/c1-3-14(8-5-9-14)10-16-13(19)11-6-7-12(15-4-2)18-17-11/h6-7H,3-5,8-10H2,1-2H3,(H,15,18)(H,16,19). The lowest BCUT2D eigenvalue weighted by Crippen LogP contribution is -2.41. The van der Waals surface area contributed by atoms with Gasteiger partial charge >= 0.3 is 0 Å². The van der Waals surface area contributed by atoms with E-state index in [9.17, 15) is 4.79 Å². The monoisotopic (exact) mass is 262 g/mol. The number of carbonyl (C=O) groups is 1. The molecule has 0 saturated heterocycles. The van der Waals surface area contributed by atoms with E-state index in [0.29, 0.717) is 16.9 Å². The second-order valence-electron chi connectivity index (χ2n) is 5.22. The van der Waals surface area contributed by atoms with E-state index in [1.165, 1.54) is 19.3 Å². The Morgan fingerprint density at radius 3 is 2.58 bits per heavy atom. The largest absolute Gasteiger partial charge is 0.369 e. The van der Waals surface area contributed by atoms with Gasteiger partial charge in [0.1, 0.15) is 5.82 Å². The van der Waals surface area contributed by atoms with Crippen molar-refractivity contribution in [3.63, 3.8) is 0 Å². The Hall–Kier alpha value is -1.65. The zero-order chi connectivity index (χ0) is 13.7. The first-order chi connectivity index (χ1) is 9.19. The molecule has 0 unspecified atom stereocenters. The first-order valence-corrected chi connectivity index (χ1v) is 7.05. The Labute approximate surface area is 114 Å². The Kier molecular flexibility index (Phi) is 4.35. The van der Waals surface area contributed by atoms with Crippen molar-refractivity contribution in [1.82, 2.24) is 15.5 Å². The van der Waals surface area contributed by atoms with Crippen molar-refractivity contribution in [2.24, 2.45) is 5.41 Å². The molecule has 1 aliphatic rings. The lowest BCUT2D eigenvalue weighted by molar-refractivity contribution is 0.0844. The summed E-state index contributed by atoms with van der Waals surface area (Å²) >= 11 is 0. The van der Waals surface area contributed by atoms with Crippen LogP contribution in [0.5, 0.6) is 0 Å². The van der Waals surface area contributed by atoms with E-state index in [4.69, 9.17) is 0 Å². The van der Waals surface area contributed by atoms with Crippen molar-refractivity contribution in [2.45, 2.75) is 39.5 Å². The van der Waals surface area contributed by atoms with Crippen molar-refractivity contribution >= 4 is 11.7 Å². The second kappa shape index (κ2) is 5.99. The predicted molar refractivity (Wildman–Crippen MR) is 75.1 cm³/mol. The molecule has 104 valence electrons. The fraction of sp³-hybridized carbons (Fsp3) is 0.643. The molecule has 5 nitrogen and oxygen atoms in total. The van der Waals surface area contributed by atoms with Gasteiger partial charge in [-0.2, -0.15) is 0 Å². The third-order valence-corrected chi connectivity index (χ3v) is 4.04. The topological polar surface area (TPSA) is 66.9 Å². The molecule has 1 saturated carbocycles. The summed E-state index contributed by atoms with van der Waals surface area (Å²) in [5.74, 6) is 0.568. The summed E-state index contributed by atoms with van der Waals surface area (Å²) in [6.07, 6.45) is 4.84. The number of carbonyl (C=O) groups excluding carboxylic acids is 1. The SMILES string of the molecule is CCNc1ccc(C(=O)NCC2(CC)CCC2)nn1. The summed E-state index contributed by atoms with van der Waals surface area (Å²) in [5, 5.41) is 13.9.